The van der Waals surface area contributed by atoms with Gasteiger partial charge in [-0.3, -0.25) is 9.69 Å². The summed E-state index contributed by atoms with van der Waals surface area (Å²) in [5.41, 5.74) is 0.165. The Morgan fingerprint density at radius 3 is 2.60 bits per heavy atom. The zero-order valence-electron chi connectivity index (χ0n) is 12.9. The fourth-order valence-corrected chi connectivity index (χ4v) is 3.65. The number of rotatable bonds is 6. The second-order valence-electron chi connectivity index (χ2n) is 6.75. The molecule has 1 heterocycles. The third-order valence-electron chi connectivity index (χ3n) is 4.88. The van der Waals surface area contributed by atoms with Crippen LogP contribution in [-0.2, 0) is 9.53 Å². The molecule has 2 aliphatic rings. The van der Waals surface area contributed by atoms with E-state index in [1.54, 1.807) is 0 Å². The summed E-state index contributed by atoms with van der Waals surface area (Å²) >= 11 is 0. The molecular formula is C16H29NO3. The van der Waals surface area contributed by atoms with Gasteiger partial charge in [0.25, 0.3) is 0 Å². The molecule has 1 aliphatic carbocycles. The summed E-state index contributed by atoms with van der Waals surface area (Å²) in [7, 11) is 0. The molecule has 1 saturated heterocycles. The molecule has 1 atom stereocenters. The van der Waals surface area contributed by atoms with Crippen LogP contribution in [0.15, 0.2) is 0 Å². The van der Waals surface area contributed by atoms with Crippen LogP contribution in [0.1, 0.15) is 65.2 Å². The van der Waals surface area contributed by atoms with E-state index < -0.39 is 5.97 Å². The maximum atomic E-state index is 10.7. The lowest BCUT2D eigenvalue weighted by Gasteiger charge is -2.35. The maximum Gasteiger partial charge on any atom is 0.304 e. The minimum absolute atomic E-state index is 0.165. The van der Waals surface area contributed by atoms with E-state index in [0.717, 1.165) is 13.0 Å². The molecule has 1 saturated carbocycles. The summed E-state index contributed by atoms with van der Waals surface area (Å²) in [5.74, 6) is -0.716. The molecule has 1 spiro atoms. The molecule has 0 bridgehead atoms. The van der Waals surface area contributed by atoms with Crippen molar-refractivity contribution in [3.63, 3.8) is 0 Å². The van der Waals surface area contributed by atoms with Crippen molar-refractivity contribution in [2.75, 3.05) is 13.1 Å². The van der Waals surface area contributed by atoms with Crippen molar-refractivity contribution in [1.82, 2.24) is 4.90 Å². The first-order valence-electron chi connectivity index (χ1n) is 8.14. The molecule has 0 radical (unpaired) electrons. The van der Waals surface area contributed by atoms with E-state index >= 15 is 0 Å². The average molecular weight is 283 g/mol. The summed E-state index contributed by atoms with van der Waals surface area (Å²) in [4.78, 5) is 13.0. The van der Waals surface area contributed by atoms with Crippen LogP contribution in [0.3, 0.4) is 0 Å². The Morgan fingerprint density at radius 1 is 1.30 bits per heavy atom. The van der Waals surface area contributed by atoms with E-state index in [2.05, 4.69) is 18.7 Å². The van der Waals surface area contributed by atoms with Gasteiger partial charge in [0.15, 0.2) is 0 Å². The van der Waals surface area contributed by atoms with Crippen molar-refractivity contribution in [2.24, 2.45) is 0 Å². The third kappa shape index (κ3) is 4.19. The van der Waals surface area contributed by atoms with Gasteiger partial charge in [0.2, 0.25) is 0 Å². The monoisotopic (exact) mass is 283 g/mol. The van der Waals surface area contributed by atoms with Crippen LogP contribution in [0.4, 0.5) is 0 Å². The second-order valence-corrected chi connectivity index (χ2v) is 6.75. The van der Waals surface area contributed by atoms with Gasteiger partial charge in [-0.2, -0.15) is 0 Å². The van der Waals surface area contributed by atoms with Gasteiger partial charge < -0.3 is 9.84 Å². The first-order valence-corrected chi connectivity index (χ1v) is 8.14. The SMILES string of the molecule is CC(C)N(CCC(=O)O)CC1CCC2(CCCCC2)O1. The van der Waals surface area contributed by atoms with Crippen LogP contribution in [0, 0.1) is 0 Å². The van der Waals surface area contributed by atoms with Gasteiger partial charge >= 0.3 is 5.97 Å². The zero-order chi connectivity index (χ0) is 14.6. The van der Waals surface area contributed by atoms with Gasteiger partial charge in [0.05, 0.1) is 18.1 Å². The Bertz CT molecular complexity index is 324. The molecule has 0 aromatic carbocycles. The van der Waals surface area contributed by atoms with E-state index in [4.69, 9.17) is 9.84 Å². The van der Waals surface area contributed by atoms with Gasteiger partial charge in [-0.25, -0.2) is 0 Å². The second kappa shape index (κ2) is 6.90. The van der Waals surface area contributed by atoms with Crippen molar-refractivity contribution in [3.8, 4) is 0 Å². The van der Waals surface area contributed by atoms with E-state index in [1.807, 2.05) is 0 Å². The van der Waals surface area contributed by atoms with Crippen LogP contribution in [-0.4, -0.2) is 46.8 Å². The van der Waals surface area contributed by atoms with E-state index in [0.29, 0.717) is 18.7 Å². The Hall–Kier alpha value is -0.610. The highest BCUT2D eigenvalue weighted by Gasteiger charge is 2.41. The molecule has 4 heteroatoms. The first-order chi connectivity index (χ1) is 9.51. The molecule has 0 aromatic heterocycles. The molecule has 1 aliphatic heterocycles. The average Bonchev–Trinajstić information content (AvgIpc) is 2.77. The normalized spacial score (nSPS) is 25.7. The predicted molar refractivity (Wildman–Crippen MR) is 78.9 cm³/mol. The van der Waals surface area contributed by atoms with Crippen LogP contribution < -0.4 is 0 Å². The summed E-state index contributed by atoms with van der Waals surface area (Å²) in [6.07, 6.45) is 9.26. The Morgan fingerprint density at radius 2 is 2.00 bits per heavy atom. The largest absolute Gasteiger partial charge is 0.481 e. The molecular weight excluding hydrogens is 254 g/mol. The molecule has 20 heavy (non-hydrogen) atoms. The maximum absolute atomic E-state index is 10.7. The standard InChI is InChI=1S/C16H29NO3/c1-13(2)17(11-7-15(18)19)12-14-6-10-16(20-14)8-4-3-5-9-16/h13-14H,3-12H2,1-2H3,(H,18,19). The lowest BCUT2D eigenvalue weighted by molar-refractivity contribution is -0.137. The van der Waals surface area contributed by atoms with E-state index in [-0.39, 0.29) is 12.0 Å². The van der Waals surface area contributed by atoms with Crippen molar-refractivity contribution < 1.29 is 14.6 Å². The predicted octanol–water partition coefficient (Wildman–Crippen LogP) is 3.05. The molecule has 1 N–H and O–H groups in total. The topological polar surface area (TPSA) is 49.8 Å². The fourth-order valence-electron chi connectivity index (χ4n) is 3.65. The molecule has 2 rings (SSSR count). The van der Waals surface area contributed by atoms with Crippen molar-refractivity contribution in [3.05, 3.63) is 0 Å². The Labute approximate surface area is 122 Å². The lowest BCUT2D eigenvalue weighted by atomic mass is 9.83. The minimum atomic E-state index is -0.716. The number of carboxylic acid groups (broad SMARTS) is 1. The van der Waals surface area contributed by atoms with Crippen LogP contribution in [0.25, 0.3) is 0 Å². The highest BCUT2D eigenvalue weighted by molar-refractivity contribution is 5.66. The molecule has 2 fully saturated rings. The number of carbonyl (C=O) groups is 1. The smallest absolute Gasteiger partial charge is 0.304 e. The number of ether oxygens (including phenoxy) is 1. The molecule has 4 nitrogen and oxygen atoms in total. The Balaban J connectivity index is 1.83. The molecule has 116 valence electrons. The summed E-state index contributed by atoms with van der Waals surface area (Å²) < 4.78 is 6.39. The van der Waals surface area contributed by atoms with Gasteiger partial charge in [-0.1, -0.05) is 19.3 Å². The van der Waals surface area contributed by atoms with Crippen molar-refractivity contribution in [2.45, 2.75) is 83.0 Å². The highest BCUT2D eigenvalue weighted by Crippen LogP contribution is 2.42. The number of carboxylic acids is 1. The quantitative estimate of drug-likeness (QED) is 0.814. The summed E-state index contributed by atoms with van der Waals surface area (Å²) in [6, 6.07) is 0.376. The van der Waals surface area contributed by atoms with Gasteiger partial charge in [0, 0.05) is 19.1 Å². The number of nitrogens with zero attached hydrogens (tertiary/aromatic N) is 1. The van der Waals surface area contributed by atoms with Gasteiger partial charge in [0.1, 0.15) is 0 Å². The van der Waals surface area contributed by atoms with Gasteiger partial charge in [-0.05, 0) is 39.5 Å². The van der Waals surface area contributed by atoms with Crippen LogP contribution >= 0.6 is 0 Å². The van der Waals surface area contributed by atoms with Crippen LogP contribution in [0.5, 0.6) is 0 Å². The van der Waals surface area contributed by atoms with Crippen molar-refractivity contribution >= 4 is 5.97 Å². The minimum Gasteiger partial charge on any atom is -0.481 e. The number of hydrogen-bond donors (Lipinski definition) is 1. The highest BCUT2D eigenvalue weighted by atomic mass is 16.5. The third-order valence-corrected chi connectivity index (χ3v) is 4.88. The zero-order valence-corrected chi connectivity index (χ0v) is 12.9. The lowest BCUT2D eigenvalue weighted by Crippen LogP contribution is -2.40. The van der Waals surface area contributed by atoms with Crippen molar-refractivity contribution in [1.29, 1.82) is 0 Å². The molecule has 1 unspecified atom stereocenters. The van der Waals surface area contributed by atoms with Gasteiger partial charge in [-0.15, -0.1) is 0 Å². The van der Waals surface area contributed by atoms with E-state index in [1.165, 1.54) is 38.5 Å². The first kappa shape index (κ1) is 15.8. The molecule has 0 amide bonds. The fraction of sp³-hybridized carbons (Fsp3) is 0.938. The summed E-state index contributed by atoms with van der Waals surface area (Å²) in [6.45, 7) is 5.77. The van der Waals surface area contributed by atoms with Crippen LogP contribution in [0.2, 0.25) is 0 Å². The molecule has 0 aromatic rings. The van der Waals surface area contributed by atoms with E-state index in [9.17, 15) is 4.79 Å². The number of hydrogen-bond acceptors (Lipinski definition) is 3. The number of aliphatic carboxylic acids is 1. The summed E-state index contributed by atoms with van der Waals surface area (Å²) in [5, 5.41) is 8.85. The Kier molecular flexibility index (Phi) is 5.44.